The van der Waals surface area contributed by atoms with Gasteiger partial charge in [-0.15, -0.1) is 12.4 Å². The monoisotopic (exact) mass is 324 g/mol. The maximum atomic E-state index is 12.1. The van der Waals surface area contributed by atoms with Crippen molar-refractivity contribution in [3.05, 3.63) is 28.8 Å². The van der Waals surface area contributed by atoms with E-state index in [9.17, 15) is 8.42 Å². The summed E-state index contributed by atoms with van der Waals surface area (Å²) in [6.07, 6.45) is 2.20. The van der Waals surface area contributed by atoms with Gasteiger partial charge in [0.05, 0.1) is 4.90 Å². The van der Waals surface area contributed by atoms with E-state index in [0.717, 1.165) is 12.8 Å². The molecule has 4 nitrogen and oxygen atoms in total. The molecule has 0 amide bonds. The molecule has 1 unspecified atom stereocenters. The molecule has 0 spiro atoms. The van der Waals surface area contributed by atoms with Crippen molar-refractivity contribution in [1.82, 2.24) is 4.72 Å². The largest absolute Gasteiger partial charge is 0.326 e. The van der Waals surface area contributed by atoms with Crippen molar-refractivity contribution in [2.75, 3.05) is 6.54 Å². The molecule has 0 aliphatic heterocycles. The van der Waals surface area contributed by atoms with Crippen molar-refractivity contribution in [3.8, 4) is 0 Å². The van der Waals surface area contributed by atoms with Gasteiger partial charge < -0.3 is 5.73 Å². The summed E-state index contributed by atoms with van der Waals surface area (Å²) < 4.78 is 26.8. The lowest BCUT2D eigenvalue weighted by molar-refractivity contribution is 0.547. The van der Waals surface area contributed by atoms with Crippen molar-refractivity contribution in [2.24, 2.45) is 11.7 Å². The molecule has 1 saturated carbocycles. The summed E-state index contributed by atoms with van der Waals surface area (Å²) in [5, 5.41) is 0.529. The molecule has 2 rings (SSSR count). The Morgan fingerprint density at radius 2 is 2.11 bits per heavy atom. The van der Waals surface area contributed by atoms with Gasteiger partial charge in [-0.25, -0.2) is 13.1 Å². The van der Waals surface area contributed by atoms with Gasteiger partial charge in [-0.05, 0) is 49.4 Å². The Bertz CT molecular complexity index is 545. The minimum atomic E-state index is -3.50. The van der Waals surface area contributed by atoms with E-state index < -0.39 is 10.0 Å². The van der Waals surface area contributed by atoms with Crippen LogP contribution >= 0.6 is 24.0 Å². The van der Waals surface area contributed by atoms with Crippen LogP contribution < -0.4 is 10.5 Å². The zero-order chi connectivity index (χ0) is 13.3. The summed E-state index contributed by atoms with van der Waals surface area (Å²) in [5.74, 6) is 0.471. The lowest BCUT2D eigenvalue weighted by Crippen LogP contribution is -2.38. The second-order valence-corrected chi connectivity index (χ2v) is 6.93. The van der Waals surface area contributed by atoms with Gasteiger partial charge in [-0.3, -0.25) is 0 Å². The summed E-state index contributed by atoms with van der Waals surface area (Å²) in [7, 11) is -3.50. The maximum absolute atomic E-state index is 12.1. The Morgan fingerprint density at radius 3 is 2.63 bits per heavy atom. The van der Waals surface area contributed by atoms with Gasteiger partial charge >= 0.3 is 0 Å². The predicted octanol–water partition coefficient (Wildman–Crippen LogP) is 2.09. The fourth-order valence-corrected chi connectivity index (χ4v) is 3.41. The van der Waals surface area contributed by atoms with Crippen molar-refractivity contribution in [1.29, 1.82) is 0 Å². The number of rotatable bonds is 5. The van der Waals surface area contributed by atoms with Crippen LogP contribution in [0.3, 0.4) is 0 Å². The van der Waals surface area contributed by atoms with E-state index in [1.165, 1.54) is 6.07 Å². The first kappa shape index (κ1) is 16.7. The molecule has 0 saturated heterocycles. The Morgan fingerprint density at radius 1 is 1.47 bits per heavy atom. The molecule has 3 N–H and O–H groups in total. The average molecular weight is 325 g/mol. The van der Waals surface area contributed by atoms with E-state index in [-0.39, 0.29) is 29.9 Å². The second-order valence-electron chi connectivity index (χ2n) is 4.76. The highest BCUT2D eigenvalue weighted by atomic mass is 35.5. The molecule has 1 aliphatic rings. The number of nitrogens with one attached hydrogen (secondary N) is 1. The van der Waals surface area contributed by atoms with E-state index >= 15 is 0 Å². The Labute approximate surface area is 125 Å². The summed E-state index contributed by atoms with van der Waals surface area (Å²) in [4.78, 5) is 0.259. The summed E-state index contributed by atoms with van der Waals surface area (Å²) in [6.45, 7) is 2.01. The molecular weight excluding hydrogens is 307 g/mol. The van der Waals surface area contributed by atoms with Crippen molar-refractivity contribution in [3.63, 3.8) is 0 Å². The van der Waals surface area contributed by atoms with Crippen LogP contribution in [0.1, 0.15) is 18.4 Å². The third-order valence-electron chi connectivity index (χ3n) is 3.16. The fraction of sp³-hybridized carbons (Fsp3) is 0.500. The van der Waals surface area contributed by atoms with Crippen LogP contribution in [0, 0.1) is 12.8 Å². The molecular formula is C12H18Cl2N2O2S. The van der Waals surface area contributed by atoms with Gasteiger partial charge in [-0.2, -0.15) is 0 Å². The van der Waals surface area contributed by atoms with E-state index in [1.54, 1.807) is 19.1 Å². The van der Waals surface area contributed by atoms with Crippen molar-refractivity contribution < 1.29 is 8.42 Å². The summed E-state index contributed by atoms with van der Waals surface area (Å²) >= 11 is 5.81. The van der Waals surface area contributed by atoms with Crippen molar-refractivity contribution in [2.45, 2.75) is 30.7 Å². The lowest BCUT2D eigenvalue weighted by atomic mass is 10.2. The first-order valence-electron chi connectivity index (χ1n) is 5.91. The van der Waals surface area contributed by atoms with Crippen LogP contribution in [0.15, 0.2) is 23.1 Å². The molecule has 1 aliphatic carbocycles. The highest BCUT2D eigenvalue weighted by Crippen LogP contribution is 2.31. The van der Waals surface area contributed by atoms with Crippen LogP contribution in [0.2, 0.25) is 5.02 Å². The molecule has 0 aromatic heterocycles. The standard InChI is InChI=1S/C12H17ClN2O2S.ClH/c1-8-6-10(13)4-5-12(8)18(16,17)15-7-11(14)9-2-3-9;/h4-6,9,11,15H,2-3,7,14H2,1H3;1H. The molecule has 19 heavy (non-hydrogen) atoms. The lowest BCUT2D eigenvalue weighted by Gasteiger charge is -2.13. The minimum Gasteiger partial charge on any atom is -0.326 e. The van der Waals surface area contributed by atoms with Crippen molar-refractivity contribution >= 4 is 34.0 Å². The Balaban J connectivity index is 0.00000180. The smallest absolute Gasteiger partial charge is 0.240 e. The van der Waals surface area contributed by atoms with Crippen LogP contribution in [0.25, 0.3) is 0 Å². The number of hydrogen-bond acceptors (Lipinski definition) is 3. The minimum absolute atomic E-state index is 0. The number of benzene rings is 1. The van der Waals surface area contributed by atoms with Gasteiger partial charge in [0.15, 0.2) is 0 Å². The zero-order valence-corrected chi connectivity index (χ0v) is 13.0. The Hall–Kier alpha value is -0.330. The summed E-state index contributed by atoms with van der Waals surface area (Å²) in [6, 6.07) is 4.64. The maximum Gasteiger partial charge on any atom is 0.240 e. The first-order chi connectivity index (χ1) is 8.40. The molecule has 1 aromatic rings. The number of aryl methyl sites for hydroxylation is 1. The van der Waals surface area contributed by atoms with Gasteiger partial charge in [0, 0.05) is 17.6 Å². The molecule has 1 atom stereocenters. The highest BCUT2D eigenvalue weighted by Gasteiger charge is 2.29. The van der Waals surface area contributed by atoms with Gasteiger partial charge in [0.25, 0.3) is 0 Å². The number of nitrogens with two attached hydrogens (primary N) is 1. The van der Waals surface area contributed by atoms with Crippen LogP contribution in [0.4, 0.5) is 0 Å². The van der Waals surface area contributed by atoms with E-state index in [0.29, 0.717) is 16.5 Å². The second kappa shape index (κ2) is 6.41. The van der Waals surface area contributed by atoms with Gasteiger partial charge in [-0.1, -0.05) is 11.6 Å². The van der Waals surface area contributed by atoms with Crippen LogP contribution in [-0.4, -0.2) is 21.0 Å². The predicted molar refractivity (Wildman–Crippen MR) is 79.3 cm³/mol. The van der Waals surface area contributed by atoms with E-state index in [4.69, 9.17) is 17.3 Å². The third kappa shape index (κ3) is 4.33. The van der Waals surface area contributed by atoms with E-state index in [1.807, 2.05) is 0 Å². The zero-order valence-electron chi connectivity index (χ0n) is 10.6. The number of halogens is 2. The van der Waals surface area contributed by atoms with Gasteiger partial charge in [0.1, 0.15) is 0 Å². The molecule has 7 heteroatoms. The topological polar surface area (TPSA) is 72.2 Å². The van der Waals surface area contributed by atoms with Gasteiger partial charge in [0.2, 0.25) is 10.0 Å². The van der Waals surface area contributed by atoms with Crippen LogP contribution in [-0.2, 0) is 10.0 Å². The first-order valence-corrected chi connectivity index (χ1v) is 7.77. The highest BCUT2D eigenvalue weighted by molar-refractivity contribution is 7.89. The quantitative estimate of drug-likeness (QED) is 0.871. The third-order valence-corrected chi connectivity index (χ3v) is 4.98. The normalized spacial score (nSPS) is 16.8. The molecule has 0 heterocycles. The number of sulfonamides is 1. The fourth-order valence-electron chi connectivity index (χ4n) is 1.89. The molecule has 0 bridgehead atoms. The summed E-state index contributed by atoms with van der Waals surface area (Å²) in [5.41, 5.74) is 6.51. The molecule has 1 aromatic carbocycles. The van der Waals surface area contributed by atoms with E-state index in [2.05, 4.69) is 4.72 Å². The number of hydrogen-bond donors (Lipinski definition) is 2. The van der Waals surface area contributed by atoms with Crippen LogP contribution in [0.5, 0.6) is 0 Å². The molecule has 1 fully saturated rings. The Kier molecular flexibility index (Phi) is 5.65. The SMILES string of the molecule is Cc1cc(Cl)ccc1S(=O)(=O)NCC(N)C1CC1.Cl. The average Bonchev–Trinajstić information content (AvgIpc) is 3.09. The molecule has 108 valence electrons. The molecule has 0 radical (unpaired) electrons.